The summed E-state index contributed by atoms with van der Waals surface area (Å²) in [7, 11) is 0. The van der Waals surface area contributed by atoms with Gasteiger partial charge in [0.25, 0.3) is 0 Å². The van der Waals surface area contributed by atoms with Crippen molar-refractivity contribution < 1.29 is 9.47 Å². The first-order valence-corrected chi connectivity index (χ1v) is 6.84. The zero-order chi connectivity index (χ0) is 13.4. The predicted octanol–water partition coefficient (Wildman–Crippen LogP) is 1.63. The second kappa shape index (κ2) is 4.76. The van der Waals surface area contributed by atoms with Gasteiger partial charge in [-0.15, -0.1) is 0 Å². The lowest BCUT2D eigenvalue weighted by Crippen LogP contribution is -2.28. The molecule has 1 N–H and O–H groups in total. The Balaban J connectivity index is 1.63. The van der Waals surface area contributed by atoms with Crippen LogP contribution in [0.4, 0.5) is 0 Å². The average Bonchev–Trinajstić information content (AvgIpc) is 2.54. The van der Waals surface area contributed by atoms with Crippen LogP contribution in [0.5, 0.6) is 11.5 Å². The van der Waals surface area contributed by atoms with Crippen LogP contribution in [0.2, 0.25) is 0 Å². The van der Waals surface area contributed by atoms with Crippen molar-refractivity contribution in [2.24, 2.45) is 0 Å². The molecule has 1 aromatic carbocycles. The summed E-state index contributed by atoms with van der Waals surface area (Å²) in [6, 6.07) is 7.68. The lowest BCUT2D eigenvalue weighted by molar-refractivity contribution is 0.0848. The fourth-order valence-electron chi connectivity index (χ4n) is 2.55. The molecule has 2 aromatic rings. The number of ether oxygens (including phenoxy) is 2. The van der Waals surface area contributed by atoms with Crippen LogP contribution >= 0.6 is 0 Å². The number of rotatable bonds is 1. The van der Waals surface area contributed by atoms with Gasteiger partial charge in [-0.2, -0.15) is 0 Å². The van der Waals surface area contributed by atoms with E-state index < -0.39 is 0 Å². The molecule has 1 atom stereocenters. The Morgan fingerprint density at radius 3 is 3.05 bits per heavy atom. The average molecular weight is 269 g/mol. The van der Waals surface area contributed by atoms with E-state index in [0.717, 1.165) is 36.7 Å². The van der Waals surface area contributed by atoms with E-state index in [1.54, 1.807) is 0 Å². The third-order valence-corrected chi connectivity index (χ3v) is 3.62. The van der Waals surface area contributed by atoms with Gasteiger partial charge >= 0.3 is 0 Å². The molecule has 4 rings (SSSR count). The Bertz CT molecular complexity index is 645. The van der Waals surface area contributed by atoms with Crippen LogP contribution in [0.3, 0.4) is 0 Å². The SMILES string of the molecule is c1ccc2c(c1)OCC(c1ncc3c(n1)CCNC3)O2. The smallest absolute Gasteiger partial charge is 0.192 e. The van der Waals surface area contributed by atoms with Crippen molar-refractivity contribution in [3.05, 3.63) is 47.5 Å². The van der Waals surface area contributed by atoms with Crippen LogP contribution in [0.1, 0.15) is 23.2 Å². The van der Waals surface area contributed by atoms with Gasteiger partial charge in [0.15, 0.2) is 23.4 Å². The molecule has 5 heteroatoms. The first-order chi connectivity index (χ1) is 9.90. The molecule has 5 nitrogen and oxygen atoms in total. The molecule has 0 spiro atoms. The maximum atomic E-state index is 5.94. The van der Waals surface area contributed by atoms with E-state index in [1.807, 2.05) is 30.5 Å². The minimum Gasteiger partial charge on any atom is -0.485 e. The van der Waals surface area contributed by atoms with Gasteiger partial charge in [0.1, 0.15) is 6.61 Å². The summed E-state index contributed by atoms with van der Waals surface area (Å²) >= 11 is 0. The summed E-state index contributed by atoms with van der Waals surface area (Å²) in [5, 5.41) is 3.32. The van der Waals surface area contributed by atoms with Gasteiger partial charge < -0.3 is 14.8 Å². The summed E-state index contributed by atoms with van der Waals surface area (Å²) in [4.78, 5) is 9.09. The van der Waals surface area contributed by atoms with Gasteiger partial charge in [-0.1, -0.05) is 12.1 Å². The molecule has 0 radical (unpaired) electrons. The van der Waals surface area contributed by atoms with Crippen molar-refractivity contribution >= 4 is 0 Å². The van der Waals surface area contributed by atoms with E-state index in [2.05, 4.69) is 15.3 Å². The van der Waals surface area contributed by atoms with Crippen LogP contribution in [0.15, 0.2) is 30.5 Å². The van der Waals surface area contributed by atoms with E-state index in [0.29, 0.717) is 12.4 Å². The highest BCUT2D eigenvalue weighted by atomic mass is 16.6. The standard InChI is InChI=1S/C15H15N3O2/c1-2-4-13-12(3-1)19-9-14(20-13)15-17-8-10-7-16-6-5-11(10)18-15/h1-4,8,14,16H,5-7,9H2. The van der Waals surface area contributed by atoms with Crippen molar-refractivity contribution in [1.29, 1.82) is 0 Å². The van der Waals surface area contributed by atoms with E-state index >= 15 is 0 Å². The second-order valence-corrected chi connectivity index (χ2v) is 4.99. The van der Waals surface area contributed by atoms with Crippen molar-refractivity contribution in [3.63, 3.8) is 0 Å². The van der Waals surface area contributed by atoms with E-state index in [-0.39, 0.29) is 6.10 Å². The molecule has 20 heavy (non-hydrogen) atoms. The molecular formula is C15H15N3O2. The second-order valence-electron chi connectivity index (χ2n) is 4.99. The molecule has 0 saturated carbocycles. The molecule has 1 unspecified atom stereocenters. The number of benzene rings is 1. The summed E-state index contributed by atoms with van der Waals surface area (Å²) in [5.41, 5.74) is 2.30. The molecule has 2 aliphatic heterocycles. The fourth-order valence-corrected chi connectivity index (χ4v) is 2.55. The quantitative estimate of drug-likeness (QED) is 0.853. The number of fused-ring (bicyclic) bond motifs is 2. The molecular weight excluding hydrogens is 254 g/mol. The fraction of sp³-hybridized carbons (Fsp3) is 0.333. The highest BCUT2D eigenvalue weighted by molar-refractivity contribution is 5.41. The molecule has 0 fully saturated rings. The normalized spacial score (nSPS) is 20.3. The molecule has 1 aromatic heterocycles. The Hall–Kier alpha value is -2.14. The lowest BCUT2D eigenvalue weighted by atomic mass is 10.1. The van der Waals surface area contributed by atoms with E-state index in [9.17, 15) is 0 Å². The van der Waals surface area contributed by atoms with Crippen LogP contribution in [-0.2, 0) is 13.0 Å². The van der Waals surface area contributed by atoms with Crippen LogP contribution in [0.25, 0.3) is 0 Å². The third-order valence-electron chi connectivity index (χ3n) is 3.62. The number of hydrogen-bond donors (Lipinski definition) is 1. The Labute approximate surface area is 117 Å². The van der Waals surface area contributed by atoms with E-state index in [4.69, 9.17) is 9.47 Å². The first kappa shape index (κ1) is 11.7. The van der Waals surface area contributed by atoms with Gasteiger partial charge in [0, 0.05) is 37.0 Å². The number of nitrogens with zero attached hydrogens (tertiary/aromatic N) is 2. The third kappa shape index (κ3) is 2.00. The summed E-state index contributed by atoms with van der Waals surface area (Å²) in [6.07, 6.45) is 2.60. The van der Waals surface area contributed by atoms with Gasteiger partial charge in [-0.3, -0.25) is 0 Å². The topological polar surface area (TPSA) is 56.3 Å². The zero-order valence-corrected chi connectivity index (χ0v) is 11.0. The van der Waals surface area contributed by atoms with Gasteiger partial charge in [-0.05, 0) is 12.1 Å². The highest BCUT2D eigenvalue weighted by Gasteiger charge is 2.25. The minimum atomic E-state index is -0.231. The Morgan fingerprint density at radius 2 is 2.10 bits per heavy atom. The van der Waals surface area contributed by atoms with Gasteiger partial charge in [0.05, 0.1) is 0 Å². The molecule has 0 aliphatic carbocycles. The number of nitrogens with one attached hydrogen (secondary N) is 1. The first-order valence-electron chi connectivity index (χ1n) is 6.84. The Morgan fingerprint density at radius 1 is 1.20 bits per heavy atom. The number of aromatic nitrogens is 2. The monoisotopic (exact) mass is 269 g/mol. The highest BCUT2D eigenvalue weighted by Crippen LogP contribution is 2.35. The predicted molar refractivity (Wildman–Crippen MR) is 72.7 cm³/mol. The summed E-state index contributed by atoms with van der Waals surface area (Å²) in [5.74, 6) is 2.25. The lowest BCUT2D eigenvalue weighted by Gasteiger charge is -2.26. The molecule has 102 valence electrons. The van der Waals surface area contributed by atoms with Crippen molar-refractivity contribution in [3.8, 4) is 11.5 Å². The van der Waals surface area contributed by atoms with Crippen molar-refractivity contribution in [2.75, 3.05) is 13.2 Å². The van der Waals surface area contributed by atoms with Gasteiger partial charge in [-0.25, -0.2) is 9.97 Å². The van der Waals surface area contributed by atoms with Crippen LogP contribution < -0.4 is 14.8 Å². The largest absolute Gasteiger partial charge is 0.485 e. The summed E-state index contributed by atoms with van der Waals surface area (Å²) in [6.45, 7) is 2.27. The molecule has 0 saturated heterocycles. The zero-order valence-electron chi connectivity index (χ0n) is 11.0. The number of para-hydroxylation sites is 2. The summed E-state index contributed by atoms with van der Waals surface area (Å²) < 4.78 is 11.7. The van der Waals surface area contributed by atoms with Crippen molar-refractivity contribution in [2.45, 2.75) is 19.1 Å². The molecule has 0 amide bonds. The maximum Gasteiger partial charge on any atom is 0.192 e. The molecule has 3 heterocycles. The minimum absolute atomic E-state index is 0.231. The van der Waals surface area contributed by atoms with Crippen LogP contribution in [0, 0.1) is 0 Å². The van der Waals surface area contributed by atoms with Crippen LogP contribution in [-0.4, -0.2) is 23.1 Å². The molecule has 2 aliphatic rings. The number of hydrogen-bond acceptors (Lipinski definition) is 5. The molecule has 0 bridgehead atoms. The van der Waals surface area contributed by atoms with Gasteiger partial charge in [0.2, 0.25) is 0 Å². The Kier molecular flexibility index (Phi) is 2.77. The maximum absolute atomic E-state index is 5.94. The van der Waals surface area contributed by atoms with E-state index in [1.165, 1.54) is 5.56 Å². The van der Waals surface area contributed by atoms with Crippen molar-refractivity contribution in [1.82, 2.24) is 15.3 Å².